The Morgan fingerprint density at radius 1 is 0.972 bits per heavy atom. The van der Waals surface area contributed by atoms with Gasteiger partial charge in [0.1, 0.15) is 5.71 Å². The number of hydrogen-bond acceptors (Lipinski definition) is 4. The first kappa shape index (κ1) is 26.4. The molecule has 2 aliphatic rings. The molecule has 9 heteroatoms. The number of para-hydroxylation sites is 1. The van der Waals surface area contributed by atoms with Gasteiger partial charge in [0, 0.05) is 31.1 Å². The predicted molar refractivity (Wildman–Crippen MR) is 137 cm³/mol. The molecule has 1 unspecified atom stereocenters. The monoisotopic (exact) mass is 518 g/mol. The highest BCUT2D eigenvalue weighted by atomic mass is 35.5. The fraction of sp³-hybridized carbons (Fsp3) is 0.444. The van der Waals surface area contributed by atoms with Crippen LogP contribution in [0.1, 0.15) is 54.4 Å². The molecule has 36 heavy (non-hydrogen) atoms. The molecule has 0 aromatic heterocycles. The summed E-state index contributed by atoms with van der Waals surface area (Å²) < 4.78 is 39.4. The maximum atomic E-state index is 13.3. The Bertz CT molecular complexity index is 1110. The first-order valence-electron chi connectivity index (χ1n) is 12.3. The van der Waals surface area contributed by atoms with E-state index in [1.54, 1.807) is 48.5 Å². The molecular formula is C27H30ClF3N4O. The maximum absolute atomic E-state index is 13.3. The molecule has 2 saturated heterocycles. The smallest absolute Gasteiger partial charge is 0.334 e. The Morgan fingerprint density at radius 3 is 2.31 bits per heavy atom. The van der Waals surface area contributed by atoms with Crippen LogP contribution in [0.4, 0.5) is 18.9 Å². The lowest BCUT2D eigenvalue weighted by Crippen LogP contribution is -2.44. The average molecular weight is 519 g/mol. The van der Waals surface area contributed by atoms with Crippen molar-refractivity contribution < 1.29 is 18.0 Å². The predicted octanol–water partition coefficient (Wildman–Crippen LogP) is 6.52. The first-order chi connectivity index (χ1) is 17.2. The molecule has 4 rings (SSSR count). The molecule has 0 aliphatic carbocycles. The summed E-state index contributed by atoms with van der Waals surface area (Å²) in [6.07, 6.45) is 0.158. The van der Waals surface area contributed by atoms with E-state index in [9.17, 15) is 18.0 Å². The number of nitrogens with zero attached hydrogens (tertiary/aromatic N) is 3. The van der Waals surface area contributed by atoms with Gasteiger partial charge < -0.3 is 15.2 Å². The molecule has 2 aliphatic heterocycles. The van der Waals surface area contributed by atoms with Crippen LogP contribution in [0.25, 0.3) is 0 Å². The van der Waals surface area contributed by atoms with Gasteiger partial charge in [-0.2, -0.15) is 13.2 Å². The van der Waals surface area contributed by atoms with Gasteiger partial charge in [-0.1, -0.05) is 42.3 Å². The largest absolute Gasteiger partial charge is 0.429 e. The van der Waals surface area contributed by atoms with E-state index in [1.807, 2.05) is 4.90 Å². The molecule has 192 valence electrons. The van der Waals surface area contributed by atoms with Crippen LogP contribution >= 0.6 is 11.6 Å². The SMILES string of the molecule is N=C(CC(=Nc1ccccc1Cl)c1ccc(C(=O)N2CCCC2CN2CCCCC2)cc1)C(F)(F)F. The number of halogens is 4. The lowest BCUT2D eigenvalue weighted by Gasteiger charge is -2.33. The third kappa shape index (κ3) is 6.53. The molecule has 0 bridgehead atoms. The number of piperidine rings is 1. The fourth-order valence-electron chi connectivity index (χ4n) is 4.87. The van der Waals surface area contributed by atoms with E-state index in [2.05, 4.69) is 9.89 Å². The second-order valence-electron chi connectivity index (χ2n) is 9.40. The number of aliphatic imine (C=N–C) groups is 1. The third-order valence-corrected chi connectivity index (χ3v) is 7.13. The zero-order valence-corrected chi connectivity index (χ0v) is 20.8. The maximum Gasteiger partial charge on any atom is 0.429 e. The number of rotatable bonds is 7. The van der Waals surface area contributed by atoms with Gasteiger partial charge in [0.2, 0.25) is 0 Å². The zero-order valence-electron chi connectivity index (χ0n) is 20.0. The molecule has 0 spiro atoms. The summed E-state index contributed by atoms with van der Waals surface area (Å²) in [7, 11) is 0. The van der Waals surface area contributed by atoms with E-state index >= 15 is 0 Å². The number of likely N-dealkylation sites (tertiary alicyclic amines) is 2. The minimum Gasteiger partial charge on any atom is -0.334 e. The molecule has 1 amide bonds. The van der Waals surface area contributed by atoms with E-state index < -0.39 is 18.3 Å². The zero-order chi connectivity index (χ0) is 25.7. The molecule has 2 aromatic rings. The number of alkyl halides is 3. The molecule has 1 atom stereocenters. The Morgan fingerprint density at radius 2 is 1.64 bits per heavy atom. The van der Waals surface area contributed by atoms with E-state index in [0.717, 1.165) is 32.5 Å². The standard InChI is InChI=1S/C27H30ClF3N4O/c28-22-8-2-3-9-23(22)33-24(17-25(32)27(29,30)31)19-10-12-20(13-11-19)26(36)35-16-6-7-21(35)18-34-14-4-1-5-15-34/h2-3,8-13,21,32H,1,4-7,14-18H2. The lowest BCUT2D eigenvalue weighted by atomic mass is 10.0. The van der Waals surface area contributed by atoms with Gasteiger partial charge >= 0.3 is 6.18 Å². The highest BCUT2D eigenvalue weighted by molar-refractivity contribution is 6.33. The van der Waals surface area contributed by atoms with Crippen molar-refractivity contribution in [2.24, 2.45) is 4.99 Å². The van der Waals surface area contributed by atoms with E-state index in [1.165, 1.54) is 19.3 Å². The Hall–Kier alpha value is -2.71. The summed E-state index contributed by atoms with van der Waals surface area (Å²) >= 11 is 6.17. The lowest BCUT2D eigenvalue weighted by molar-refractivity contribution is -0.0605. The number of carbonyl (C=O) groups is 1. The second kappa shape index (κ2) is 11.6. The van der Waals surface area contributed by atoms with Gasteiger partial charge in [-0.25, -0.2) is 0 Å². The van der Waals surface area contributed by atoms with Crippen molar-refractivity contribution in [1.29, 1.82) is 5.41 Å². The van der Waals surface area contributed by atoms with Gasteiger partial charge in [-0.15, -0.1) is 0 Å². The molecule has 2 heterocycles. The van der Waals surface area contributed by atoms with Crippen molar-refractivity contribution in [2.75, 3.05) is 26.2 Å². The highest BCUT2D eigenvalue weighted by Crippen LogP contribution is 2.28. The van der Waals surface area contributed by atoms with Crippen LogP contribution in [0.3, 0.4) is 0 Å². The topological polar surface area (TPSA) is 59.8 Å². The quantitative estimate of drug-likeness (QED) is 0.424. The van der Waals surface area contributed by atoms with Crippen molar-refractivity contribution in [2.45, 2.75) is 50.7 Å². The third-order valence-electron chi connectivity index (χ3n) is 6.81. The normalized spacial score (nSPS) is 19.5. The van der Waals surface area contributed by atoms with Crippen LogP contribution in [0.2, 0.25) is 5.02 Å². The summed E-state index contributed by atoms with van der Waals surface area (Å²) in [5, 5.41) is 7.79. The molecule has 1 N–H and O–H groups in total. The van der Waals surface area contributed by atoms with E-state index in [4.69, 9.17) is 17.0 Å². The summed E-state index contributed by atoms with van der Waals surface area (Å²) in [4.78, 5) is 22.0. The van der Waals surface area contributed by atoms with Crippen molar-refractivity contribution in [3.8, 4) is 0 Å². The number of amides is 1. The summed E-state index contributed by atoms with van der Waals surface area (Å²) in [5.74, 6) is -0.0614. The van der Waals surface area contributed by atoms with Gasteiger partial charge in [-0.05, 0) is 68.6 Å². The number of carbonyl (C=O) groups excluding carboxylic acids is 1. The summed E-state index contributed by atoms with van der Waals surface area (Å²) in [6.45, 7) is 3.75. The van der Waals surface area contributed by atoms with Crippen LogP contribution in [0.5, 0.6) is 0 Å². The van der Waals surface area contributed by atoms with Gasteiger partial charge in [-0.3, -0.25) is 9.79 Å². The van der Waals surface area contributed by atoms with Crippen LogP contribution in [0.15, 0.2) is 53.5 Å². The average Bonchev–Trinajstić information content (AvgIpc) is 3.32. The Kier molecular flexibility index (Phi) is 8.46. The number of nitrogens with one attached hydrogen (secondary N) is 1. The van der Waals surface area contributed by atoms with Crippen LogP contribution in [-0.2, 0) is 0 Å². The second-order valence-corrected chi connectivity index (χ2v) is 9.80. The minimum atomic E-state index is -4.75. The summed E-state index contributed by atoms with van der Waals surface area (Å²) in [6, 6.07) is 13.2. The fourth-order valence-corrected chi connectivity index (χ4v) is 5.04. The highest BCUT2D eigenvalue weighted by Gasteiger charge is 2.35. The molecular weight excluding hydrogens is 489 g/mol. The number of hydrogen-bond donors (Lipinski definition) is 1. The molecule has 0 saturated carbocycles. The van der Waals surface area contributed by atoms with Crippen molar-refractivity contribution in [3.63, 3.8) is 0 Å². The van der Waals surface area contributed by atoms with Crippen molar-refractivity contribution in [1.82, 2.24) is 9.80 Å². The van der Waals surface area contributed by atoms with Gasteiger partial charge in [0.15, 0.2) is 0 Å². The Balaban J connectivity index is 1.54. The van der Waals surface area contributed by atoms with Crippen LogP contribution in [0, 0.1) is 5.41 Å². The number of benzene rings is 2. The van der Waals surface area contributed by atoms with E-state index in [0.29, 0.717) is 28.4 Å². The molecule has 2 fully saturated rings. The summed E-state index contributed by atoms with van der Waals surface area (Å²) in [5.41, 5.74) is -0.111. The molecule has 0 radical (unpaired) electrons. The minimum absolute atomic E-state index is 0.0614. The van der Waals surface area contributed by atoms with E-state index in [-0.39, 0.29) is 17.7 Å². The van der Waals surface area contributed by atoms with Gasteiger partial charge in [0.05, 0.1) is 16.4 Å². The Labute approximate surface area is 214 Å². The molecule has 2 aromatic carbocycles. The first-order valence-corrected chi connectivity index (χ1v) is 12.7. The van der Waals surface area contributed by atoms with Crippen molar-refractivity contribution in [3.05, 3.63) is 64.7 Å². The van der Waals surface area contributed by atoms with Crippen LogP contribution < -0.4 is 0 Å². The van der Waals surface area contributed by atoms with Crippen LogP contribution in [-0.4, -0.2) is 65.5 Å². The van der Waals surface area contributed by atoms with Gasteiger partial charge in [0.25, 0.3) is 5.91 Å². The molecule has 5 nitrogen and oxygen atoms in total. The van der Waals surface area contributed by atoms with Crippen molar-refractivity contribution >= 4 is 34.6 Å².